The minimum atomic E-state index is 0.359. The van der Waals surface area contributed by atoms with Gasteiger partial charge in [-0.25, -0.2) is 0 Å². The van der Waals surface area contributed by atoms with E-state index in [9.17, 15) is 0 Å². The summed E-state index contributed by atoms with van der Waals surface area (Å²) in [7, 11) is 6.25. The van der Waals surface area contributed by atoms with Crippen LogP contribution in [0.25, 0.3) is 0 Å². The van der Waals surface area contributed by atoms with E-state index in [1.807, 2.05) is 7.05 Å². The van der Waals surface area contributed by atoms with Gasteiger partial charge in [0.25, 0.3) is 0 Å². The molecule has 1 N–H and O–H groups in total. The van der Waals surface area contributed by atoms with Gasteiger partial charge >= 0.3 is 0 Å². The smallest absolute Gasteiger partial charge is 0.0640 e. The predicted molar refractivity (Wildman–Crippen MR) is 105 cm³/mol. The lowest BCUT2D eigenvalue weighted by Crippen LogP contribution is -2.30. The van der Waals surface area contributed by atoms with Gasteiger partial charge in [0.2, 0.25) is 0 Å². The average Bonchev–Trinajstić information content (AvgIpc) is 2.64. The first-order valence-electron chi connectivity index (χ1n) is 8.71. The molecule has 0 amide bonds. The maximum Gasteiger partial charge on any atom is 0.0640 e. The Hall–Kier alpha value is -2.35. The van der Waals surface area contributed by atoms with Gasteiger partial charge in [-0.15, -0.1) is 0 Å². The van der Waals surface area contributed by atoms with Crippen LogP contribution in [0.3, 0.4) is 0 Å². The molecule has 0 aliphatic heterocycles. The average molecular weight is 336 g/mol. The number of anilines is 1. The largest absolute Gasteiger partial charge is 0.374 e. The Kier molecular flexibility index (Phi) is 7.46. The summed E-state index contributed by atoms with van der Waals surface area (Å²) in [6, 6.07) is 21.7. The molecule has 0 fully saturated rings. The fraction of sp³-hybridized carbons (Fsp3) is 0.381. The van der Waals surface area contributed by atoms with Crippen molar-refractivity contribution in [2.24, 2.45) is 0 Å². The summed E-state index contributed by atoms with van der Waals surface area (Å²) in [6.07, 6.45) is 0.547. The minimum absolute atomic E-state index is 0.359. The number of nitrogens with zero attached hydrogens (tertiary/aromatic N) is 3. The van der Waals surface area contributed by atoms with Crippen molar-refractivity contribution in [3.8, 4) is 6.07 Å². The number of likely N-dealkylation sites (N-methyl/N-ethyl adjacent to an activating group) is 1. The van der Waals surface area contributed by atoms with Gasteiger partial charge in [-0.05, 0) is 37.4 Å². The van der Waals surface area contributed by atoms with Gasteiger partial charge in [0.1, 0.15) is 0 Å². The highest BCUT2D eigenvalue weighted by Gasteiger charge is 2.12. The van der Waals surface area contributed by atoms with E-state index in [1.54, 1.807) is 0 Å². The normalized spacial score (nSPS) is 12.0. The van der Waals surface area contributed by atoms with Crippen molar-refractivity contribution in [2.45, 2.75) is 19.0 Å². The molecule has 0 saturated heterocycles. The van der Waals surface area contributed by atoms with E-state index in [1.165, 1.54) is 11.1 Å². The van der Waals surface area contributed by atoms with Gasteiger partial charge < -0.3 is 15.1 Å². The molecule has 0 radical (unpaired) electrons. The second-order valence-corrected chi connectivity index (χ2v) is 6.52. The van der Waals surface area contributed by atoms with Crippen molar-refractivity contribution in [3.05, 3.63) is 65.7 Å². The second-order valence-electron chi connectivity index (χ2n) is 6.52. The fourth-order valence-corrected chi connectivity index (χ4v) is 2.84. The lowest BCUT2D eigenvalue weighted by atomic mass is 10.1. The molecule has 132 valence electrons. The molecule has 0 spiro atoms. The lowest BCUT2D eigenvalue weighted by Gasteiger charge is -2.25. The third-order valence-corrected chi connectivity index (χ3v) is 4.41. The van der Waals surface area contributed by atoms with Gasteiger partial charge in [0, 0.05) is 38.4 Å². The van der Waals surface area contributed by atoms with E-state index in [0.29, 0.717) is 12.5 Å². The molecule has 0 unspecified atom stereocenters. The molecule has 25 heavy (non-hydrogen) atoms. The van der Waals surface area contributed by atoms with Crippen LogP contribution in [0, 0.1) is 11.3 Å². The first-order chi connectivity index (χ1) is 12.1. The van der Waals surface area contributed by atoms with Crippen LogP contribution in [0.4, 0.5) is 5.69 Å². The number of nitriles is 1. The van der Waals surface area contributed by atoms with Crippen molar-refractivity contribution < 1.29 is 0 Å². The topological polar surface area (TPSA) is 42.3 Å². The molecule has 0 heterocycles. The Labute approximate surface area is 151 Å². The van der Waals surface area contributed by atoms with Crippen LogP contribution in [-0.2, 0) is 6.54 Å². The Morgan fingerprint density at radius 1 is 1.00 bits per heavy atom. The first-order valence-corrected chi connectivity index (χ1v) is 8.71. The van der Waals surface area contributed by atoms with Crippen LogP contribution in [0.15, 0.2) is 54.6 Å². The van der Waals surface area contributed by atoms with Crippen molar-refractivity contribution >= 4 is 5.69 Å². The molecular weight excluding hydrogens is 308 g/mol. The van der Waals surface area contributed by atoms with Crippen molar-refractivity contribution in [2.75, 3.05) is 39.1 Å². The van der Waals surface area contributed by atoms with Gasteiger partial charge in [0.15, 0.2) is 0 Å². The van der Waals surface area contributed by atoms with Crippen molar-refractivity contribution in [1.29, 1.82) is 5.26 Å². The number of nitrogens with one attached hydrogen (secondary N) is 1. The van der Waals surface area contributed by atoms with Crippen LogP contribution < -0.4 is 10.2 Å². The molecular formula is C21H28N4. The number of rotatable bonds is 9. The summed E-state index contributed by atoms with van der Waals surface area (Å²) in [5, 5.41) is 12.2. The van der Waals surface area contributed by atoms with Crippen LogP contribution in [0.2, 0.25) is 0 Å². The van der Waals surface area contributed by atoms with Gasteiger partial charge in [-0.2, -0.15) is 5.26 Å². The first kappa shape index (κ1) is 19.0. The summed E-state index contributed by atoms with van der Waals surface area (Å²) in [4.78, 5) is 4.35. The molecule has 0 aliphatic carbocycles. The van der Waals surface area contributed by atoms with Crippen LogP contribution in [0.1, 0.15) is 23.6 Å². The quantitative estimate of drug-likeness (QED) is 0.762. The zero-order valence-electron chi connectivity index (χ0n) is 15.4. The van der Waals surface area contributed by atoms with Gasteiger partial charge in [-0.1, -0.05) is 42.5 Å². The summed E-state index contributed by atoms with van der Waals surface area (Å²) in [5.74, 6) is 0. The van der Waals surface area contributed by atoms with Gasteiger partial charge in [0.05, 0.1) is 12.5 Å². The van der Waals surface area contributed by atoms with Crippen LogP contribution in [0.5, 0.6) is 0 Å². The maximum absolute atomic E-state index is 8.68. The lowest BCUT2D eigenvalue weighted by molar-refractivity contribution is 0.288. The molecule has 0 saturated carbocycles. The molecule has 2 aromatic rings. The molecule has 0 bridgehead atoms. The number of hydrogen-bond donors (Lipinski definition) is 1. The molecule has 4 nitrogen and oxygen atoms in total. The zero-order valence-corrected chi connectivity index (χ0v) is 15.4. The van der Waals surface area contributed by atoms with E-state index in [0.717, 1.165) is 25.3 Å². The van der Waals surface area contributed by atoms with E-state index in [4.69, 9.17) is 5.26 Å². The Balaban J connectivity index is 1.87. The summed E-state index contributed by atoms with van der Waals surface area (Å²) in [6.45, 7) is 2.51. The molecule has 2 rings (SSSR count). The molecule has 2 aromatic carbocycles. The molecule has 0 aromatic heterocycles. The highest BCUT2D eigenvalue weighted by molar-refractivity contribution is 5.46. The SMILES string of the molecule is CN(CCC#N)c1ccc(CNC[C@@H](c2ccccc2)N(C)C)cc1. The van der Waals surface area contributed by atoms with E-state index in [2.05, 4.69) is 89.9 Å². The van der Waals surface area contributed by atoms with Crippen molar-refractivity contribution in [3.63, 3.8) is 0 Å². The van der Waals surface area contributed by atoms with Crippen LogP contribution >= 0.6 is 0 Å². The second kappa shape index (κ2) is 9.83. The monoisotopic (exact) mass is 336 g/mol. The Bertz CT molecular complexity index is 659. The third-order valence-electron chi connectivity index (χ3n) is 4.41. The molecule has 0 aliphatic rings. The standard InChI is InChI=1S/C21H28N4/c1-24(2)21(19-8-5-4-6-9-19)17-23-16-18-10-12-20(13-11-18)25(3)15-7-14-22/h4-6,8-13,21,23H,7,15-17H2,1-3H3/t21-/m0/s1. The zero-order chi connectivity index (χ0) is 18.1. The van der Waals surface area contributed by atoms with E-state index >= 15 is 0 Å². The summed E-state index contributed by atoms with van der Waals surface area (Å²) < 4.78 is 0. The third kappa shape index (κ3) is 5.90. The minimum Gasteiger partial charge on any atom is -0.374 e. The number of hydrogen-bond acceptors (Lipinski definition) is 4. The Morgan fingerprint density at radius 2 is 1.68 bits per heavy atom. The van der Waals surface area contributed by atoms with E-state index < -0.39 is 0 Å². The molecule has 1 atom stereocenters. The highest BCUT2D eigenvalue weighted by Crippen LogP contribution is 2.17. The predicted octanol–water partition coefficient (Wildman–Crippen LogP) is 3.43. The summed E-state index contributed by atoms with van der Waals surface area (Å²) >= 11 is 0. The fourth-order valence-electron chi connectivity index (χ4n) is 2.84. The van der Waals surface area contributed by atoms with E-state index in [-0.39, 0.29) is 0 Å². The summed E-state index contributed by atoms with van der Waals surface area (Å²) in [5.41, 5.74) is 3.74. The molecule has 4 heteroatoms. The maximum atomic E-state index is 8.68. The van der Waals surface area contributed by atoms with Crippen LogP contribution in [-0.4, -0.2) is 39.1 Å². The Morgan fingerprint density at radius 3 is 2.28 bits per heavy atom. The van der Waals surface area contributed by atoms with Crippen molar-refractivity contribution in [1.82, 2.24) is 10.2 Å². The number of benzene rings is 2. The van der Waals surface area contributed by atoms with Gasteiger partial charge in [-0.3, -0.25) is 0 Å². The highest BCUT2D eigenvalue weighted by atomic mass is 15.1.